The van der Waals surface area contributed by atoms with Crippen molar-refractivity contribution in [1.82, 2.24) is 5.32 Å². The smallest absolute Gasteiger partial charge is 0.223 e. The van der Waals surface area contributed by atoms with E-state index in [-0.39, 0.29) is 23.6 Å². The summed E-state index contributed by atoms with van der Waals surface area (Å²) in [5, 5.41) is 2.85. The van der Waals surface area contributed by atoms with Crippen LogP contribution in [0.3, 0.4) is 0 Å². The van der Waals surface area contributed by atoms with Gasteiger partial charge in [-0.1, -0.05) is 25.1 Å². The fourth-order valence-corrected chi connectivity index (χ4v) is 1.98. The molecule has 1 aliphatic rings. The average Bonchev–Trinajstić information content (AvgIpc) is 3.06. The summed E-state index contributed by atoms with van der Waals surface area (Å²) in [5.74, 6) is -0.0742. The quantitative estimate of drug-likeness (QED) is 0.831. The van der Waals surface area contributed by atoms with Crippen molar-refractivity contribution in [2.45, 2.75) is 25.7 Å². The summed E-state index contributed by atoms with van der Waals surface area (Å²) in [7, 11) is 0. The number of benzene rings is 1. The van der Waals surface area contributed by atoms with Gasteiger partial charge in [0.25, 0.3) is 0 Å². The van der Waals surface area contributed by atoms with Crippen molar-refractivity contribution in [3.05, 3.63) is 35.6 Å². The maximum absolute atomic E-state index is 13.4. The zero-order chi connectivity index (χ0) is 11.5. The molecule has 1 N–H and O–H groups in total. The van der Waals surface area contributed by atoms with Crippen molar-refractivity contribution in [2.75, 3.05) is 6.54 Å². The normalized spacial score (nSPS) is 22.9. The lowest BCUT2D eigenvalue weighted by Gasteiger charge is -2.03. The van der Waals surface area contributed by atoms with Gasteiger partial charge >= 0.3 is 0 Å². The molecule has 1 aromatic rings. The minimum Gasteiger partial charge on any atom is -0.356 e. The number of amides is 1. The molecule has 1 fully saturated rings. The molecule has 16 heavy (non-hydrogen) atoms. The third-order valence-electron chi connectivity index (χ3n) is 2.98. The van der Waals surface area contributed by atoms with Gasteiger partial charge in [0.05, 0.1) is 0 Å². The molecule has 2 atom stereocenters. The molecule has 1 saturated carbocycles. The summed E-state index contributed by atoms with van der Waals surface area (Å²) in [6.07, 6.45) is 1.71. The largest absolute Gasteiger partial charge is 0.356 e. The van der Waals surface area contributed by atoms with Gasteiger partial charge in [0.15, 0.2) is 0 Å². The Morgan fingerprint density at radius 3 is 2.94 bits per heavy atom. The fourth-order valence-electron chi connectivity index (χ4n) is 1.98. The van der Waals surface area contributed by atoms with Crippen LogP contribution in [0.5, 0.6) is 0 Å². The lowest BCUT2D eigenvalue weighted by Crippen LogP contribution is -2.26. The van der Waals surface area contributed by atoms with Gasteiger partial charge in [0.1, 0.15) is 5.82 Å². The molecule has 3 heteroatoms. The van der Waals surface area contributed by atoms with Gasteiger partial charge in [-0.2, -0.15) is 0 Å². The Labute approximate surface area is 94.9 Å². The predicted molar refractivity (Wildman–Crippen MR) is 60.5 cm³/mol. The lowest BCUT2D eigenvalue weighted by atomic mass is 10.1. The second kappa shape index (κ2) is 4.64. The van der Waals surface area contributed by atoms with Gasteiger partial charge in [-0.3, -0.25) is 4.79 Å². The van der Waals surface area contributed by atoms with Crippen LogP contribution in [0.25, 0.3) is 0 Å². The molecular formula is C13H16FNO. The second-order valence-electron chi connectivity index (χ2n) is 4.26. The van der Waals surface area contributed by atoms with E-state index in [2.05, 4.69) is 5.32 Å². The first-order valence-electron chi connectivity index (χ1n) is 5.76. The van der Waals surface area contributed by atoms with E-state index in [4.69, 9.17) is 0 Å². The highest BCUT2D eigenvalue weighted by molar-refractivity contribution is 5.82. The van der Waals surface area contributed by atoms with E-state index in [9.17, 15) is 9.18 Å². The van der Waals surface area contributed by atoms with Gasteiger partial charge in [-0.15, -0.1) is 0 Å². The highest BCUT2D eigenvalue weighted by Crippen LogP contribution is 2.48. The van der Waals surface area contributed by atoms with E-state index >= 15 is 0 Å². The molecule has 1 aromatic carbocycles. The molecule has 0 saturated heterocycles. The Morgan fingerprint density at radius 2 is 2.25 bits per heavy atom. The molecule has 0 spiro atoms. The van der Waals surface area contributed by atoms with Crippen LogP contribution in [0.1, 0.15) is 31.2 Å². The Kier molecular flexibility index (Phi) is 3.22. The summed E-state index contributed by atoms with van der Waals surface area (Å²) in [5.41, 5.74) is 0.680. The molecule has 86 valence electrons. The summed E-state index contributed by atoms with van der Waals surface area (Å²) in [6.45, 7) is 2.72. The average molecular weight is 221 g/mol. The van der Waals surface area contributed by atoms with E-state index in [0.29, 0.717) is 12.1 Å². The fraction of sp³-hybridized carbons (Fsp3) is 0.462. The molecule has 2 nitrogen and oxygen atoms in total. The van der Waals surface area contributed by atoms with Crippen LogP contribution < -0.4 is 5.32 Å². The first-order valence-corrected chi connectivity index (χ1v) is 5.76. The summed E-state index contributed by atoms with van der Waals surface area (Å²) in [4.78, 5) is 11.6. The summed E-state index contributed by atoms with van der Waals surface area (Å²) >= 11 is 0. The number of carbonyl (C=O) groups is 1. The van der Waals surface area contributed by atoms with Gasteiger partial charge in [-0.05, 0) is 30.4 Å². The molecular weight excluding hydrogens is 205 g/mol. The predicted octanol–water partition coefficient (Wildman–Crippen LogP) is 2.46. The van der Waals surface area contributed by atoms with E-state index in [0.717, 1.165) is 12.8 Å². The van der Waals surface area contributed by atoms with Crippen molar-refractivity contribution in [3.63, 3.8) is 0 Å². The van der Waals surface area contributed by atoms with E-state index in [1.54, 1.807) is 12.1 Å². The third-order valence-corrected chi connectivity index (χ3v) is 2.98. The highest BCUT2D eigenvalue weighted by Gasteiger charge is 2.44. The maximum atomic E-state index is 13.4. The van der Waals surface area contributed by atoms with Crippen LogP contribution in [0.15, 0.2) is 24.3 Å². The molecule has 2 rings (SSSR count). The van der Waals surface area contributed by atoms with Crippen molar-refractivity contribution >= 4 is 5.91 Å². The Balaban J connectivity index is 1.96. The molecule has 0 radical (unpaired) electrons. The van der Waals surface area contributed by atoms with Gasteiger partial charge < -0.3 is 5.32 Å². The first kappa shape index (κ1) is 11.1. The topological polar surface area (TPSA) is 29.1 Å². The van der Waals surface area contributed by atoms with Crippen LogP contribution in [-0.2, 0) is 4.79 Å². The number of hydrogen-bond acceptors (Lipinski definition) is 1. The molecule has 0 heterocycles. The zero-order valence-electron chi connectivity index (χ0n) is 9.37. The molecule has 0 bridgehead atoms. The zero-order valence-corrected chi connectivity index (χ0v) is 9.37. The molecule has 0 aromatic heterocycles. The molecule has 1 aliphatic carbocycles. The number of hydrogen-bond donors (Lipinski definition) is 1. The van der Waals surface area contributed by atoms with Crippen molar-refractivity contribution in [3.8, 4) is 0 Å². The highest BCUT2D eigenvalue weighted by atomic mass is 19.1. The van der Waals surface area contributed by atoms with Crippen molar-refractivity contribution in [2.24, 2.45) is 5.92 Å². The van der Waals surface area contributed by atoms with Gasteiger partial charge in [0.2, 0.25) is 5.91 Å². The van der Waals surface area contributed by atoms with E-state index < -0.39 is 0 Å². The Bertz CT molecular complexity index is 391. The van der Waals surface area contributed by atoms with Crippen LogP contribution in [0.4, 0.5) is 4.39 Å². The minimum atomic E-state index is -0.196. The minimum absolute atomic E-state index is 0.0246. The summed E-state index contributed by atoms with van der Waals surface area (Å²) < 4.78 is 13.4. The number of carbonyl (C=O) groups excluding carboxylic acids is 1. The lowest BCUT2D eigenvalue weighted by molar-refractivity contribution is -0.122. The molecule has 0 aliphatic heterocycles. The SMILES string of the molecule is CCCNC(=O)C1CC1c1ccccc1F. The summed E-state index contributed by atoms with van der Waals surface area (Å²) in [6, 6.07) is 6.72. The Hall–Kier alpha value is -1.38. The van der Waals surface area contributed by atoms with Crippen molar-refractivity contribution < 1.29 is 9.18 Å². The van der Waals surface area contributed by atoms with Crippen LogP contribution in [0.2, 0.25) is 0 Å². The standard InChI is InChI=1S/C13H16FNO/c1-2-7-15-13(16)11-8-10(11)9-5-3-4-6-12(9)14/h3-6,10-11H,2,7-8H2,1H3,(H,15,16). The van der Waals surface area contributed by atoms with Crippen molar-refractivity contribution in [1.29, 1.82) is 0 Å². The monoisotopic (exact) mass is 221 g/mol. The Morgan fingerprint density at radius 1 is 1.50 bits per heavy atom. The molecule has 1 amide bonds. The van der Waals surface area contributed by atoms with Crippen LogP contribution in [0, 0.1) is 11.7 Å². The third kappa shape index (κ3) is 2.23. The van der Waals surface area contributed by atoms with Crippen LogP contribution in [-0.4, -0.2) is 12.5 Å². The second-order valence-corrected chi connectivity index (χ2v) is 4.26. The number of rotatable bonds is 4. The van der Waals surface area contributed by atoms with Crippen LogP contribution >= 0.6 is 0 Å². The van der Waals surface area contributed by atoms with E-state index in [1.165, 1.54) is 6.07 Å². The van der Waals surface area contributed by atoms with Gasteiger partial charge in [-0.25, -0.2) is 4.39 Å². The maximum Gasteiger partial charge on any atom is 0.223 e. The number of nitrogens with one attached hydrogen (secondary N) is 1. The van der Waals surface area contributed by atoms with Gasteiger partial charge in [0, 0.05) is 12.5 Å². The number of halogens is 1. The first-order chi connectivity index (χ1) is 7.74. The molecule has 2 unspecified atom stereocenters. The van der Waals surface area contributed by atoms with E-state index in [1.807, 2.05) is 13.0 Å².